The lowest BCUT2D eigenvalue weighted by Crippen LogP contribution is -2.22. The van der Waals surface area contributed by atoms with Gasteiger partial charge in [-0.1, -0.05) is 29.4 Å². The minimum Gasteiger partial charge on any atom is -0.434 e. The van der Waals surface area contributed by atoms with E-state index in [2.05, 4.69) is 14.9 Å². The number of aromatic nitrogens is 2. The summed E-state index contributed by atoms with van der Waals surface area (Å²) in [4.78, 5) is 6.22. The third kappa shape index (κ3) is 4.65. The molecule has 0 saturated heterocycles. The minimum absolute atomic E-state index is 0.0181. The molecule has 0 aliphatic heterocycles. The molecule has 3 aromatic rings. The summed E-state index contributed by atoms with van der Waals surface area (Å²) in [6.45, 7) is -0.639. The molecule has 0 amide bonds. The first-order valence-corrected chi connectivity index (χ1v) is 8.26. The van der Waals surface area contributed by atoms with Crippen molar-refractivity contribution in [1.29, 1.82) is 0 Å². The zero-order chi connectivity index (χ0) is 19.4. The van der Waals surface area contributed by atoms with E-state index in [1.807, 2.05) is 18.9 Å². The highest BCUT2D eigenvalue weighted by atomic mass is 19.3. The number of benzene rings is 2. The van der Waals surface area contributed by atoms with Gasteiger partial charge in [-0.2, -0.15) is 13.8 Å². The average Bonchev–Trinajstić information content (AvgIpc) is 3.10. The van der Waals surface area contributed by atoms with Crippen LogP contribution in [0.25, 0.3) is 11.4 Å². The molecule has 3 rings (SSSR count). The van der Waals surface area contributed by atoms with Crippen molar-refractivity contribution in [3.8, 4) is 17.1 Å². The fourth-order valence-electron chi connectivity index (χ4n) is 2.62. The lowest BCUT2D eigenvalue weighted by atomic mass is 10.1. The molecule has 1 heterocycles. The number of hydrogen-bond acceptors (Lipinski definition) is 5. The molecule has 0 N–H and O–H groups in total. The van der Waals surface area contributed by atoms with Gasteiger partial charge >= 0.3 is 6.61 Å². The van der Waals surface area contributed by atoms with Crippen LogP contribution < -0.4 is 4.74 Å². The number of halogens is 3. The van der Waals surface area contributed by atoms with Crippen molar-refractivity contribution in [2.24, 2.45) is 0 Å². The summed E-state index contributed by atoms with van der Waals surface area (Å²) < 4.78 is 47.9. The molecule has 8 heteroatoms. The number of para-hydroxylation sites is 1. The molecular formula is C19H18F3N3O2. The predicted octanol–water partition coefficient (Wildman–Crippen LogP) is 4.67. The van der Waals surface area contributed by atoms with Gasteiger partial charge in [0.15, 0.2) is 0 Å². The van der Waals surface area contributed by atoms with Crippen LogP contribution in [-0.2, 0) is 6.54 Å². The van der Waals surface area contributed by atoms with E-state index in [1.54, 1.807) is 30.3 Å². The molecule has 0 fully saturated rings. The molecule has 2 aromatic carbocycles. The Hall–Kier alpha value is -2.87. The molecular weight excluding hydrogens is 359 g/mol. The highest BCUT2D eigenvalue weighted by molar-refractivity contribution is 5.63. The molecule has 1 unspecified atom stereocenters. The van der Waals surface area contributed by atoms with E-state index in [1.165, 1.54) is 18.2 Å². The fourth-order valence-corrected chi connectivity index (χ4v) is 2.62. The summed E-state index contributed by atoms with van der Waals surface area (Å²) in [5.41, 5.74) is 1.26. The van der Waals surface area contributed by atoms with Crippen LogP contribution in [0.5, 0.6) is 5.75 Å². The largest absolute Gasteiger partial charge is 0.434 e. The van der Waals surface area contributed by atoms with Crippen LogP contribution in [0, 0.1) is 5.82 Å². The Morgan fingerprint density at radius 1 is 1.11 bits per heavy atom. The summed E-state index contributed by atoms with van der Waals surface area (Å²) in [7, 11) is 1.87. The van der Waals surface area contributed by atoms with Crippen molar-refractivity contribution in [3.05, 3.63) is 65.8 Å². The van der Waals surface area contributed by atoms with Crippen molar-refractivity contribution in [2.45, 2.75) is 26.1 Å². The maximum Gasteiger partial charge on any atom is 0.387 e. The van der Waals surface area contributed by atoms with Crippen LogP contribution in [0.15, 0.2) is 53.1 Å². The molecule has 27 heavy (non-hydrogen) atoms. The van der Waals surface area contributed by atoms with Crippen LogP contribution in [0.1, 0.15) is 24.4 Å². The second kappa shape index (κ2) is 8.22. The minimum atomic E-state index is -2.94. The SMILES string of the molecule is CC(c1ccc(F)cc1)N(C)Cc1nc(-c2ccccc2OC(F)F)no1. The highest BCUT2D eigenvalue weighted by Crippen LogP contribution is 2.29. The van der Waals surface area contributed by atoms with Gasteiger partial charge in [-0.05, 0) is 43.8 Å². The Kier molecular flexibility index (Phi) is 5.75. The maximum atomic E-state index is 13.1. The third-order valence-corrected chi connectivity index (χ3v) is 4.21. The van der Waals surface area contributed by atoms with E-state index in [4.69, 9.17) is 4.52 Å². The van der Waals surface area contributed by atoms with Crippen LogP contribution >= 0.6 is 0 Å². The van der Waals surface area contributed by atoms with Crippen LogP contribution in [-0.4, -0.2) is 28.7 Å². The number of nitrogens with zero attached hydrogens (tertiary/aromatic N) is 3. The van der Waals surface area contributed by atoms with Crippen LogP contribution in [0.2, 0.25) is 0 Å². The Bertz CT molecular complexity index is 884. The van der Waals surface area contributed by atoms with Gasteiger partial charge in [0.05, 0.1) is 12.1 Å². The molecule has 5 nitrogen and oxygen atoms in total. The van der Waals surface area contributed by atoms with E-state index in [0.29, 0.717) is 18.0 Å². The summed E-state index contributed by atoms with van der Waals surface area (Å²) in [5.74, 6) is 0.185. The summed E-state index contributed by atoms with van der Waals surface area (Å²) >= 11 is 0. The van der Waals surface area contributed by atoms with Crippen LogP contribution in [0.3, 0.4) is 0 Å². The van der Waals surface area contributed by atoms with Crippen molar-refractivity contribution in [1.82, 2.24) is 15.0 Å². The topological polar surface area (TPSA) is 51.4 Å². The standard InChI is InChI=1S/C19H18F3N3O2/c1-12(13-7-9-14(20)10-8-13)25(2)11-17-23-18(24-27-17)15-5-3-4-6-16(15)26-19(21)22/h3-10,12,19H,11H2,1-2H3. The first kappa shape index (κ1) is 18.9. The number of rotatable bonds is 7. The molecule has 0 bridgehead atoms. The molecule has 1 atom stereocenters. The van der Waals surface area contributed by atoms with E-state index in [-0.39, 0.29) is 23.4 Å². The first-order chi connectivity index (χ1) is 12.9. The lowest BCUT2D eigenvalue weighted by Gasteiger charge is -2.23. The number of alkyl halides is 2. The molecule has 142 valence electrons. The Morgan fingerprint density at radius 2 is 1.81 bits per heavy atom. The molecule has 0 spiro atoms. The van der Waals surface area contributed by atoms with Crippen molar-refractivity contribution in [3.63, 3.8) is 0 Å². The summed E-state index contributed by atoms with van der Waals surface area (Å²) in [6.07, 6.45) is 0. The first-order valence-electron chi connectivity index (χ1n) is 8.26. The van der Waals surface area contributed by atoms with Crippen molar-refractivity contribution in [2.75, 3.05) is 7.05 Å². The predicted molar refractivity (Wildman–Crippen MR) is 92.6 cm³/mol. The average molecular weight is 377 g/mol. The van der Waals surface area contributed by atoms with Gasteiger partial charge < -0.3 is 9.26 Å². The zero-order valence-corrected chi connectivity index (χ0v) is 14.8. The van der Waals surface area contributed by atoms with Gasteiger partial charge in [0.25, 0.3) is 0 Å². The van der Waals surface area contributed by atoms with Gasteiger partial charge in [-0.25, -0.2) is 4.39 Å². The van der Waals surface area contributed by atoms with Gasteiger partial charge in [0.1, 0.15) is 11.6 Å². The lowest BCUT2D eigenvalue weighted by molar-refractivity contribution is -0.0494. The summed E-state index contributed by atoms with van der Waals surface area (Å²) in [6, 6.07) is 12.5. The Morgan fingerprint density at radius 3 is 2.52 bits per heavy atom. The van der Waals surface area contributed by atoms with E-state index in [9.17, 15) is 13.2 Å². The van der Waals surface area contributed by atoms with Gasteiger partial charge in [-0.3, -0.25) is 4.90 Å². The van der Waals surface area contributed by atoms with E-state index in [0.717, 1.165) is 5.56 Å². The van der Waals surface area contributed by atoms with Gasteiger partial charge in [0, 0.05) is 6.04 Å². The molecule has 0 aliphatic carbocycles. The second-order valence-electron chi connectivity index (χ2n) is 6.03. The molecule has 0 saturated carbocycles. The Labute approximate surface area is 154 Å². The molecule has 0 aliphatic rings. The number of ether oxygens (including phenoxy) is 1. The quantitative estimate of drug-likeness (QED) is 0.599. The van der Waals surface area contributed by atoms with Gasteiger partial charge in [-0.15, -0.1) is 0 Å². The Balaban J connectivity index is 1.73. The second-order valence-corrected chi connectivity index (χ2v) is 6.03. The van der Waals surface area contributed by atoms with Crippen molar-refractivity contribution < 1.29 is 22.4 Å². The normalized spacial score (nSPS) is 12.6. The van der Waals surface area contributed by atoms with Crippen molar-refractivity contribution >= 4 is 0 Å². The van der Waals surface area contributed by atoms with Crippen LogP contribution in [0.4, 0.5) is 13.2 Å². The molecule has 1 aromatic heterocycles. The monoisotopic (exact) mass is 377 g/mol. The highest BCUT2D eigenvalue weighted by Gasteiger charge is 2.18. The fraction of sp³-hybridized carbons (Fsp3) is 0.263. The van der Waals surface area contributed by atoms with E-state index < -0.39 is 6.61 Å². The van der Waals surface area contributed by atoms with E-state index >= 15 is 0 Å². The number of hydrogen-bond donors (Lipinski definition) is 0. The third-order valence-electron chi connectivity index (χ3n) is 4.21. The van der Waals surface area contributed by atoms with Gasteiger partial charge in [0.2, 0.25) is 11.7 Å². The molecule has 0 radical (unpaired) electrons. The smallest absolute Gasteiger partial charge is 0.387 e. The maximum absolute atomic E-state index is 13.1. The summed E-state index contributed by atoms with van der Waals surface area (Å²) in [5, 5.41) is 3.86. The zero-order valence-electron chi connectivity index (χ0n) is 14.8.